The van der Waals surface area contributed by atoms with Gasteiger partial charge in [0.1, 0.15) is 0 Å². The molecule has 2 rings (SSSR count). The molecule has 0 bridgehead atoms. The predicted molar refractivity (Wildman–Crippen MR) is 86.1 cm³/mol. The van der Waals surface area contributed by atoms with Gasteiger partial charge in [-0.2, -0.15) is 0 Å². The molecule has 0 saturated carbocycles. The van der Waals surface area contributed by atoms with Crippen LogP contribution in [0.3, 0.4) is 0 Å². The third kappa shape index (κ3) is 3.67. The first kappa shape index (κ1) is 15.2. The van der Waals surface area contributed by atoms with Crippen molar-refractivity contribution >= 4 is 11.6 Å². The van der Waals surface area contributed by atoms with Crippen molar-refractivity contribution in [3.63, 3.8) is 0 Å². The van der Waals surface area contributed by atoms with Crippen LogP contribution in [0, 0.1) is 0 Å². The van der Waals surface area contributed by atoms with Gasteiger partial charge in [-0.05, 0) is 32.6 Å². The Hall–Kier alpha value is -2.20. The number of nitrogens with zero attached hydrogens (tertiary/aromatic N) is 2. The van der Waals surface area contributed by atoms with E-state index < -0.39 is 0 Å². The van der Waals surface area contributed by atoms with E-state index in [2.05, 4.69) is 10.3 Å². The monoisotopic (exact) mass is 283 g/mol. The Kier molecular flexibility index (Phi) is 5.06. The minimum atomic E-state index is -0.169. The summed E-state index contributed by atoms with van der Waals surface area (Å²) in [6.45, 7) is 4.78. The summed E-state index contributed by atoms with van der Waals surface area (Å²) in [6, 6.07) is 11.5. The maximum atomic E-state index is 12.3. The third-order valence-electron chi connectivity index (χ3n) is 3.70. The van der Waals surface area contributed by atoms with E-state index in [1.165, 1.54) is 0 Å². The van der Waals surface area contributed by atoms with Crippen LogP contribution in [0.15, 0.2) is 48.8 Å². The second-order valence-electron chi connectivity index (χ2n) is 5.03. The summed E-state index contributed by atoms with van der Waals surface area (Å²) in [4.78, 5) is 18.5. The Morgan fingerprint density at radius 2 is 2.05 bits per heavy atom. The maximum Gasteiger partial charge on any atom is 0.241 e. The van der Waals surface area contributed by atoms with E-state index in [0.717, 1.165) is 23.4 Å². The number of anilines is 1. The van der Waals surface area contributed by atoms with Gasteiger partial charge in [-0.25, -0.2) is 0 Å². The molecule has 0 aliphatic rings. The number of rotatable bonds is 5. The molecule has 1 N–H and O–H groups in total. The van der Waals surface area contributed by atoms with Crippen molar-refractivity contribution in [2.24, 2.45) is 0 Å². The summed E-state index contributed by atoms with van der Waals surface area (Å²) in [5.41, 5.74) is 2.78. The van der Waals surface area contributed by atoms with Crippen LogP contribution in [0.25, 0.3) is 11.1 Å². The summed E-state index contributed by atoms with van der Waals surface area (Å²) in [6.07, 6.45) is 3.54. The Morgan fingerprint density at radius 3 is 2.71 bits per heavy atom. The Labute approximate surface area is 125 Å². The second kappa shape index (κ2) is 6.99. The largest absolute Gasteiger partial charge is 0.324 e. The van der Waals surface area contributed by atoms with Crippen molar-refractivity contribution in [2.75, 3.05) is 18.9 Å². The van der Waals surface area contributed by atoms with E-state index in [9.17, 15) is 4.79 Å². The quantitative estimate of drug-likeness (QED) is 0.917. The second-order valence-corrected chi connectivity index (χ2v) is 5.03. The molecule has 0 unspecified atom stereocenters. The van der Waals surface area contributed by atoms with Gasteiger partial charge >= 0.3 is 0 Å². The highest BCUT2D eigenvalue weighted by atomic mass is 16.2. The number of nitrogens with one attached hydrogen (secondary N) is 1. The smallest absolute Gasteiger partial charge is 0.241 e. The van der Waals surface area contributed by atoms with Gasteiger partial charge in [0.25, 0.3) is 0 Å². The molecule has 1 aromatic carbocycles. The van der Waals surface area contributed by atoms with Crippen LogP contribution in [0.2, 0.25) is 0 Å². The van der Waals surface area contributed by atoms with E-state index in [0.29, 0.717) is 0 Å². The molecular formula is C17H21N3O. The van der Waals surface area contributed by atoms with Crippen LogP contribution in [0.5, 0.6) is 0 Å². The first-order valence-electron chi connectivity index (χ1n) is 7.14. The zero-order valence-corrected chi connectivity index (χ0v) is 12.7. The van der Waals surface area contributed by atoms with E-state index in [1.807, 2.05) is 62.2 Å². The van der Waals surface area contributed by atoms with Crippen LogP contribution in [-0.2, 0) is 4.79 Å². The molecule has 1 atom stereocenters. The lowest BCUT2D eigenvalue weighted by molar-refractivity contribution is -0.120. The van der Waals surface area contributed by atoms with E-state index in [1.54, 1.807) is 12.4 Å². The number of amides is 1. The molecule has 0 fully saturated rings. The summed E-state index contributed by atoms with van der Waals surface area (Å²) in [5, 5.41) is 3.02. The standard InChI is InChI=1S/C17H21N3O/c1-4-20(3)13(2)17(21)19-16-10-6-5-9-15(16)14-8-7-11-18-12-14/h5-13H,4H2,1-3H3,(H,19,21)/t13-/m0/s1. The number of para-hydroxylation sites is 1. The fourth-order valence-corrected chi connectivity index (χ4v) is 2.08. The normalized spacial score (nSPS) is 12.2. The lowest BCUT2D eigenvalue weighted by atomic mass is 10.1. The van der Waals surface area contributed by atoms with E-state index in [4.69, 9.17) is 0 Å². The van der Waals surface area contributed by atoms with Crippen molar-refractivity contribution < 1.29 is 4.79 Å². The molecule has 0 saturated heterocycles. The Morgan fingerprint density at radius 1 is 1.29 bits per heavy atom. The molecule has 2 aromatic rings. The van der Waals surface area contributed by atoms with Crippen molar-refractivity contribution in [1.82, 2.24) is 9.88 Å². The molecule has 0 aliphatic heterocycles. The van der Waals surface area contributed by atoms with Gasteiger partial charge in [-0.15, -0.1) is 0 Å². The molecule has 0 radical (unpaired) electrons. The van der Waals surface area contributed by atoms with Crippen molar-refractivity contribution in [2.45, 2.75) is 19.9 Å². The number of likely N-dealkylation sites (N-methyl/N-ethyl adjacent to an activating group) is 1. The SMILES string of the molecule is CCN(C)[C@@H](C)C(=O)Nc1ccccc1-c1cccnc1. The fourth-order valence-electron chi connectivity index (χ4n) is 2.08. The fraction of sp³-hybridized carbons (Fsp3) is 0.294. The highest BCUT2D eigenvalue weighted by Gasteiger charge is 2.17. The van der Waals surface area contributed by atoms with Crippen LogP contribution >= 0.6 is 0 Å². The van der Waals surface area contributed by atoms with Crippen LogP contribution in [-0.4, -0.2) is 35.4 Å². The number of benzene rings is 1. The predicted octanol–water partition coefficient (Wildman–Crippen LogP) is 3.03. The number of hydrogen-bond donors (Lipinski definition) is 1. The average molecular weight is 283 g/mol. The van der Waals surface area contributed by atoms with Gasteiger partial charge in [-0.3, -0.25) is 14.7 Å². The summed E-state index contributed by atoms with van der Waals surface area (Å²) >= 11 is 0. The Balaban J connectivity index is 2.24. The van der Waals surface area contributed by atoms with Gasteiger partial charge in [0.2, 0.25) is 5.91 Å². The molecule has 21 heavy (non-hydrogen) atoms. The highest BCUT2D eigenvalue weighted by Crippen LogP contribution is 2.27. The van der Waals surface area contributed by atoms with Crippen LogP contribution in [0.1, 0.15) is 13.8 Å². The molecular weight excluding hydrogens is 262 g/mol. The van der Waals surface area contributed by atoms with Gasteiger partial charge in [0, 0.05) is 29.2 Å². The van der Waals surface area contributed by atoms with Crippen molar-refractivity contribution in [1.29, 1.82) is 0 Å². The lowest BCUT2D eigenvalue weighted by Crippen LogP contribution is -2.39. The van der Waals surface area contributed by atoms with Crippen molar-refractivity contribution in [3.05, 3.63) is 48.8 Å². The van der Waals surface area contributed by atoms with E-state index >= 15 is 0 Å². The minimum absolute atomic E-state index is 0.00399. The molecule has 1 heterocycles. The zero-order valence-electron chi connectivity index (χ0n) is 12.7. The number of hydrogen-bond acceptors (Lipinski definition) is 3. The van der Waals surface area contributed by atoms with E-state index in [-0.39, 0.29) is 11.9 Å². The summed E-state index contributed by atoms with van der Waals surface area (Å²) < 4.78 is 0. The van der Waals surface area contributed by atoms with Gasteiger partial charge in [-0.1, -0.05) is 31.2 Å². The Bertz CT molecular complexity index is 598. The first-order valence-corrected chi connectivity index (χ1v) is 7.14. The number of pyridine rings is 1. The van der Waals surface area contributed by atoms with Gasteiger partial charge < -0.3 is 5.32 Å². The van der Waals surface area contributed by atoms with Crippen molar-refractivity contribution in [3.8, 4) is 11.1 Å². The molecule has 4 heteroatoms. The third-order valence-corrected chi connectivity index (χ3v) is 3.70. The summed E-state index contributed by atoms with van der Waals surface area (Å²) in [7, 11) is 1.94. The molecule has 4 nitrogen and oxygen atoms in total. The zero-order chi connectivity index (χ0) is 15.2. The topological polar surface area (TPSA) is 45.2 Å². The maximum absolute atomic E-state index is 12.3. The van der Waals surface area contributed by atoms with Gasteiger partial charge in [0.15, 0.2) is 0 Å². The molecule has 0 spiro atoms. The highest BCUT2D eigenvalue weighted by molar-refractivity contribution is 5.98. The molecule has 1 amide bonds. The molecule has 0 aliphatic carbocycles. The molecule has 1 aromatic heterocycles. The lowest BCUT2D eigenvalue weighted by Gasteiger charge is -2.22. The minimum Gasteiger partial charge on any atom is -0.324 e. The number of carbonyl (C=O) groups excluding carboxylic acids is 1. The van der Waals surface area contributed by atoms with Crippen LogP contribution in [0.4, 0.5) is 5.69 Å². The average Bonchev–Trinajstić information content (AvgIpc) is 2.54. The number of aromatic nitrogens is 1. The first-order chi connectivity index (χ1) is 10.1. The van der Waals surface area contributed by atoms with Crippen LogP contribution < -0.4 is 5.32 Å². The molecule has 110 valence electrons. The summed E-state index contributed by atoms with van der Waals surface area (Å²) in [5.74, 6) is -0.00399. The van der Waals surface area contributed by atoms with Gasteiger partial charge in [0.05, 0.1) is 6.04 Å². The number of carbonyl (C=O) groups is 1.